The fourth-order valence-electron chi connectivity index (χ4n) is 2.35. The van der Waals surface area contributed by atoms with Gasteiger partial charge in [-0.2, -0.15) is 0 Å². The smallest absolute Gasteiger partial charge is 0.293 e. The van der Waals surface area contributed by atoms with Crippen LogP contribution in [0.3, 0.4) is 0 Å². The van der Waals surface area contributed by atoms with Crippen LogP contribution in [0.4, 0.5) is 17.1 Å². The third kappa shape index (κ3) is 4.93. The Morgan fingerprint density at radius 3 is 2.73 bits per heavy atom. The Kier molecular flexibility index (Phi) is 6.94. The first-order valence-electron chi connectivity index (χ1n) is 8.01. The summed E-state index contributed by atoms with van der Waals surface area (Å²) in [5.41, 5.74) is 1.69. The molecule has 0 aliphatic heterocycles. The molecule has 0 radical (unpaired) electrons. The van der Waals surface area contributed by atoms with Crippen LogP contribution in [0.25, 0.3) is 0 Å². The zero-order valence-corrected chi connectivity index (χ0v) is 15.3. The van der Waals surface area contributed by atoms with E-state index in [1.165, 1.54) is 12.1 Å². The summed E-state index contributed by atoms with van der Waals surface area (Å²) >= 11 is 6.04. The van der Waals surface area contributed by atoms with E-state index in [9.17, 15) is 14.9 Å². The number of carbonyl (C=O) groups is 1. The number of nitro benzene ring substituents is 1. The number of amides is 1. The lowest BCUT2D eigenvalue weighted by Gasteiger charge is -2.11. The van der Waals surface area contributed by atoms with Crippen LogP contribution in [0, 0.1) is 17.0 Å². The summed E-state index contributed by atoms with van der Waals surface area (Å²) in [6, 6.07) is 9.50. The van der Waals surface area contributed by atoms with Gasteiger partial charge in [0.05, 0.1) is 4.92 Å². The molecule has 2 N–H and O–H groups in total. The fraction of sp³-hybridized carbons (Fsp3) is 0.278. The summed E-state index contributed by atoms with van der Waals surface area (Å²) in [6.45, 7) is 2.87. The summed E-state index contributed by atoms with van der Waals surface area (Å²) in [4.78, 5) is 23.3. The number of rotatable bonds is 8. The zero-order chi connectivity index (χ0) is 19.1. The lowest BCUT2D eigenvalue weighted by molar-refractivity contribution is -0.384. The van der Waals surface area contributed by atoms with Gasteiger partial charge in [-0.05, 0) is 43.2 Å². The van der Waals surface area contributed by atoms with E-state index >= 15 is 0 Å². The number of methoxy groups -OCH3 is 1. The van der Waals surface area contributed by atoms with E-state index in [0.29, 0.717) is 36.0 Å². The first-order valence-corrected chi connectivity index (χ1v) is 8.39. The van der Waals surface area contributed by atoms with Crippen molar-refractivity contribution in [2.24, 2.45) is 0 Å². The van der Waals surface area contributed by atoms with Crippen molar-refractivity contribution in [3.05, 3.63) is 62.7 Å². The third-order valence-corrected chi connectivity index (χ3v) is 4.22. The molecule has 0 spiro atoms. The number of nitro groups is 1. The summed E-state index contributed by atoms with van der Waals surface area (Å²) in [7, 11) is 1.59. The van der Waals surface area contributed by atoms with Gasteiger partial charge in [0.15, 0.2) is 0 Å². The Morgan fingerprint density at radius 2 is 2.04 bits per heavy atom. The summed E-state index contributed by atoms with van der Waals surface area (Å²) in [6.07, 6.45) is 0.712. The third-order valence-electron chi connectivity index (χ3n) is 3.81. The maximum Gasteiger partial charge on any atom is 0.293 e. The predicted molar refractivity (Wildman–Crippen MR) is 102 cm³/mol. The second-order valence-corrected chi connectivity index (χ2v) is 6.04. The molecule has 0 bridgehead atoms. The quantitative estimate of drug-likeness (QED) is 0.407. The number of nitrogens with zero attached hydrogens (tertiary/aromatic N) is 1. The minimum Gasteiger partial charge on any atom is -0.385 e. The molecule has 7 nitrogen and oxygen atoms in total. The van der Waals surface area contributed by atoms with Gasteiger partial charge < -0.3 is 15.4 Å². The van der Waals surface area contributed by atoms with Crippen LogP contribution in [-0.2, 0) is 4.74 Å². The van der Waals surface area contributed by atoms with Crippen molar-refractivity contribution in [2.75, 3.05) is 30.9 Å². The van der Waals surface area contributed by atoms with Crippen molar-refractivity contribution >= 4 is 34.6 Å². The molecule has 0 heterocycles. The van der Waals surface area contributed by atoms with Crippen molar-refractivity contribution in [1.82, 2.24) is 0 Å². The Balaban J connectivity index is 2.18. The molecule has 1 amide bonds. The maximum atomic E-state index is 12.4. The number of carbonyl (C=O) groups excluding carboxylic acids is 1. The van der Waals surface area contributed by atoms with Crippen LogP contribution in [0.2, 0.25) is 5.02 Å². The molecule has 0 aliphatic rings. The second kappa shape index (κ2) is 9.17. The van der Waals surface area contributed by atoms with Crippen molar-refractivity contribution in [3.8, 4) is 0 Å². The maximum absolute atomic E-state index is 12.4. The van der Waals surface area contributed by atoms with E-state index < -0.39 is 10.8 Å². The molecule has 0 unspecified atom stereocenters. The molecule has 2 rings (SSSR count). The standard InChI is InChI=1S/C18H20ClN3O4/c1-12-14(19)5-3-6-15(12)21-18(23)13-7-8-16(17(11-13)22(24)25)20-9-4-10-26-2/h3,5-8,11,20H,4,9-10H2,1-2H3,(H,21,23). The molecule has 0 fully saturated rings. The van der Waals surface area contributed by atoms with Crippen LogP contribution < -0.4 is 10.6 Å². The van der Waals surface area contributed by atoms with Gasteiger partial charge in [-0.25, -0.2) is 0 Å². The van der Waals surface area contributed by atoms with E-state index in [1.807, 2.05) is 0 Å². The van der Waals surface area contributed by atoms with Crippen molar-refractivity contribution < 1.29 is 14.5 Å². The number of nitrogens with one attached hydrogen (secondary N) is 2. The summed E-state index contributed by atoms with van der Waals surface area (Å²) in [5, 5.41) is 17.6. The number of ether oxygens (including phenoxy) is 1. The van der Waals surface area contributed by atoms with Gasteiger partial charge in [-0.15, -0.1) is 0 Å². The number of hydrogen-bond acceptors (Lipinski definition) is 5. The normalized spacial score (nSPS) is 10.4. The summed E-state index contributed by atoms with van der Waals surface area (Å²) < 4.78 is 4.95. The number of halogens is 1. The molecular weight excluding hydrogens is 358 g/mol. The molecule has 0 saturated carbocycles. The van der Waals surface area contributed by atoms with Crippen molar-refractivity contribution in [2.45, 2.75) is 13.3 Å². The van der Waals surface area contributed by atoms with Gasteiger partial charge in [-0.1, -0.05) is 17.7 Å². The largest absolute Gasteiger partial charge is 0.385 e. The van der Waals surface area contributed by atoms with Crippen LogP contribution >= 0.6 is 11.6 Å². The van der Waals surface area contributed by atoms with Gasteiger partial charge in [0.25, 0.3) is 11.6 Å². The van der Waals surface area contributed by atoms with Gasteiger partial charge in [-0.3, -0.25) is 14.9 Å². The van der Waals surface area contributed by atoms with Crippen LogP contribution in [0.1, 0.15) is 22.3 Å². The molecule has 0 aromatic heterocycles. The monoisotopic (exact) mass is 377 g/mol. The Bertz CT molecular complexity index is 811. The molecule has 2 aromatic rings. The molecule has 26 heavy (non-hydrogen) atoms. The van der Waals surface area contributed by atoms with E-state index in [0.717, 1.165) is 5.56 Å². The van der Waals surface area contributed by atoms with E-state index in [1.54, 1.807) is 38.3 Å². The minimum absolute atomic E-state index is 0.155. The van der Waals surface area contributed by atoms with Crippen LogP contribution in [-0.4, -0.2) is 31.1 Å². The predicted octanol–water partition coefficient (Wildman–Crippen LogP) is 4.26. The van der Waals surface area contributed by atoms with Crippen LogP contribution in [0.5, 0.6) is 0 Å². The van der Waals surface area contributed by atoms with Crippen LogP contribution in [0.15, 0.2) is 36.4 Å². The Hall–Kier alpha value is -2.64. The van der Waals surface area contributed by atoms with Crippen molar-refractivity contribution in [1.29, 1.82) is 0 Å². The van der Waals surface area contributed by atoms with Crippen molar-refractivity contribution in [3.63, 3.8) is 0 Å². The lowest BCUT2D eigenvalue weighted by atomic mass is 10.1. The molecule has 0 aliphatic carbocycles. The zero-order valence-electron chi connectivity index (χ0n) is 14.5. The van der Waals surface area contributed by atoms with E-state index in [-0.39, 0.29) is 11.3 Å². The van der Waals surface area contributed by atoms with Gasteiger partial charge in [0.2, 0.25) is 0 Å². The molecule has 138 valence electrons. The first-order chi connectivity index (χ1) is 12.4. The highest BCUT2D eigenvalue weighted by molar-refractivity contribution is 6.31. The Morgan fingerprint density at radius 1 is 1.27 bits per heavy atom. The van der Waals surface area contributed by atoms with E-state index in [2.05, 4.69) is 10.6 Å². The number of hydrogen-bond donors (Lipinski definition) is 2. The molecule has 2 aromatic carbocycles. The van der Waals surface area contributed by atoms with Gasteiger partial charge in [0.1, 0.15) is 5.69 Å². The molecular formula is C18H20ClN3O4. The highest BCUT2D eigenvalue weighted by Gasteiger charge is 2.18. The van der Waals surface area contributed by atoms with Gasteiger partial charge >= 0.3 is 0 Å². The molecule has 0 atom stereocenters. The highest BCUT2D eigenvalue weighted by Crippen LogP contribution is 2.27. The van der Waals surface area contributed by atoms with Gasteiger partial charge in [0, 0.05) is 42.6 Å². The fourth-order valence-corrected chi connectivity index (χ4v) is 2.52. The average Bonchev–Trinajstić information content (AvgIpc) is 2.62. The SMILES string of the molecule is COCCCNc1ccc(C(=O)Nc2cccc(Cl)c2C)cc1[N+](=O)[O-]. The number of anilines is 2. The number of benzene rings is 2. The first kappa shape index (κ1) is 19.7. The average molecular weight is 378 g/mol. The molecule has 8 heteroatoms. The van der Waals surface area contributed by atoms with E-state index in [4.69, 9.17) is 16.3 Å². The summed E-state index contributed by atoms with van der Waals surface area (Å²) in [5.74, 6) is -0.440. The lowest BCUT2D eigenvalue weighted by Crippen LogP contribution is -2.14. The topological polar surface area (TPSA) is 93.5 Å². The minimum atomic E-state index is -0.514. The highest BCUT2D eigenvalue weighted by atomic mass is 35.5. The second-order valence-electron chi connectivity index (χ2n) is 5.63. The molecule has 0 saturated heterocycles. The Labute approximate surface area is 156 Å².